The van der Waals surface area contributed by atoms with E-state index in [4.69, 9.17) is 5.73 Å². The molecule has 1 rings (SSSR count). The molecule has 4 heteroatoms. The molecule has 1 aromatic heterocycles. The Balaban J connectivity index is 2.65. The van der Waals surface area contributed by atoms with E-state index in [0.29, 0.717) is 16.8 Å². The number of pyridine rings is 1. The van der Waals surface area contributed by atoms with Gasteiger partial charge in [-0.2, -0.15) is 11.8 Å². The van der Waals surface area contributed by atoms with Crippen molar-refractivity contribution in [2.24, 2.45) is 0 Å². The third kappa shape index (κ3) is 3.68. The SMILES string of the molecule is CCC(C)SCC(O)c1cc(C)cnc1N. The molecule has 0 aliphatic carbocycles. The summed E-state index contributed by atoms with van der Waals surface area (Å²) in [7, 11) is 0. The van der Waals surface area contributed by atoms with Crippen molar-refractivity contribution in [3.63, 3.8) is 0 Å². The first-order valence-electron chi connectivity index (χ1n) is 5.56. The fourth-order valence-electron chi connectivity index (χ4n) is 1.33. The first-order valence-corrected chi connectivity index (χ1v) is 6.61. The second-order valence-corrected chi connectivity index (χ2v) is 5.53. The van der Waals surface area contributed by atoms with Gasteiger partial charge in [0.1, 0.15) is 5.82 Å². The van der Waals surface area contributed by atoms with Gasteiger partial charge in [-0.05, 0) is 25.0 Å². The van der Waals surface area contributed by atoms with Gasteiger partial charge in [0.25, 0.3) is 0 Å². The Bertz CT molecular complexity index is 344. The minimum absolute atomic E-state index is 0.433. The maximum atomic E-state index is 10.0. The van der Waals surface area contributed by atoms with Crippen molar-refractivity contribution in [2.45, 2.75) is 38.5 Å². The third-order valence-corrected chi connectivity index (χ3v) is 3.97. The lowest BCUT2D eigenvalue weighted by Crippen LogP contribution is -2.08. The lowest BCUT2D eigenvalue weighted by molar-refractivity contribution is 0.204. The number of aliphatic hydroxyl groups excluding tert-OH is 1. The van der Waals surface area contributed by atoms with E-state index in [1.165, 1.54) is 0 Å². The highest BCUT2D eigenvalue weighted by atomic mass is 32.2. The lowest BCUT2D eigenvalue weighted by atomic mass is 10.1. The van der Waals surface area contributed by atoms with E-state index in [0.717, 1.165) is 17.5 Å². The number of anilines is 1. The molecule has 0 saturated carbocycles. The van der Waals surface area contributed by atoms with Crippen LogP contribution in [0.25, 0.3) is 0 Å². The first-order chi connectivity index (χ1) is 7.54. The molecule has 90 valence electrons. The molecule has 0 radical (unpaired) electrons. The summed E-state index contributed by atoms with van der Waals surface area (Å²) < 4.78 is 0. The average Bonchev–Trinajstić information content (AvgIpc) is 2.28. The van der Waals surface area contributed by atoms with Crippen molar-refractivity contribution in [2.75, 3.05) is 11.5 Å². The number of hydrogen-bond acceptors (Lipinski definition) is 4. The monoisotopic (exact) mass is 240 g/mol. The Morgan fingerprint density at radius 1 is 1.56 bits per heavy atom. The highest BCUT2D eigenvalue weighted by Gasteiger charge is 2.13. The number of nitrogens with zero attached hydrogens (tertiary/aromatic N) is 1. The van der Waals surface area contributed by atoms with Crippen LogP contribution in [0, 0.1) is 6.92 Å². The Labute approximate surface area is 101 Å². The fraction of sp³-hybridized carbons (Fsp3) is 0.583. The van der Waals surface area contributed by atoms with E-state index in [1.807, 2.05) is 13.0 Å². The van der Waals surface area contributed by atoms with E-state index in [2.05, 4.69) is 18.8 Å². The van der Waals surface area contributed by atoms with Crippen LogP contribution in [0.2, 0.25) is 0 Å². The van der Waals surface area contributed by atoms with Gasteiger partial charge in [0.15, 0.2) is 0 Å². The van der Waals surface area contributed by atoms with Crippen LogP contribution < -0.4 is 5.73 Å². The van der Waals surface area contributed by atoms with Gasteiger partial charge in [-0.25, -0.2) is 4.98 Å². The van der Waals surface area contributed by atoms with Gasteiger partial charge < -0.3 is 10.8 Å². The Morgan fingerprint density at radius 2 is 2.25 bits per heavy atom. The zero-order valence-electron chi connectivity index (χ0n) is 10.1. The Kier molecular flexibility index (Phi) is 5.09. The molecule has 0 fully saturated rings. The van der Waals surface area contributed by atoms with Crippen molar-refractivity contribution < 1.29 is 5.11 Å². The number of aliphatic hydroxyl groups is 1. The molecule has 2 unspecified atom stereocenters. The standard InChI is InChI=1S/C12H20N2OS/c1-4-9(3)16-7-11(15)10-5-8(2)6-14-12(10)13/h5-6,9,11,15H,4,7H2,1-3H3,(H2,13,14). The number of nitrogen functional groups attached to an aromatic ring is 1. The van der Waals surface area contributed by atoms with Crippen molar-refractivity contribution in [1.82, 2.24) is 4.98 Å². The number of rotatable bonds is 5. The summed E-state index contributed by atoms with van der Waals surface area (Å²) in [6.07, 6.45) is 2.30. The van der Waals surface area contributed by atoms with Gasteiger partial charge in [0, 0.05) is 22.8 Å². The minimum Gasteiger partial charge on any atom is -0.387 e. The number of aromatic nitrogens is 1. The molecule has 16 heavy (non-hydrogen) atoms. The Hall–Kier alpha value is -0.740. The Morgan fingerprint density at radius 3 is 2.88 bits per heavy atom. The maximum Gasteiger partial charge on any atom is 0.129 e. The first kappa shape index (κ1) is 13.3. The molecule has 1 heterocycles. The van der Waals surface area contributed by atoms with Crippen LogP contribution in [0.3, 0.4) is 0 Å². The summed E-state index contributed by atoms with van der Waals surface area (Å²) in [4.78, 5) is 4.06. The van der Waals surface area contributed by atoms with Crippen LogP contribution in [0.1, 0.15) is 37.5 Å². The van der Waals surface area contributed by atoms with Crippen LogP contribution >= 0.6 is 11.8 Å². The number of aryl methyl sites for hydroxylation is 1. The summed E-state index contributed by atoms with van der Waals surface area (Å²) in [5, 5.41) is 10.6. The highest BCUT2D eigenvalue weighted by molar-refractivity contribution is 7.99. The molecule has 0 aliphatic rings. The van der Waals surface area contributed by atoms with Crippen molar-refractivity contribution in [3.8, 4) is 0 Å². The van der Waals surface area contributed by atoms with Gasteiger partial charge in [-0.1, -0.05) is 13.8 Å². The zero-order chi connectivity index (χ0) is 12.1. The second-order valence-electron chi connectivity index (χ2n) is 4.06. The number of nitrogens with two attached hydrogens (primary N) is 1. The smallest absolute Gasteiger partial charge is 0.129 e. The van der Waals surface area contributed by atoms with Crippen LogP contribution in [0.15, 0.2) is 12.3 Å². The molecule has 0 saturated heterocycles. The molecule has 3 nitrogen and oxygen atoms in total. The third-order valence-electron chi connectivity index (χ3n) is 2.56. The van der Waals surface area contributed by atoms with E-state index in [1.54, 1.807) is 18.0 Å². The summed E-state index contributed by atoms with van der Waals surface area (Å²) in [5.41, 5.74) is 7.52. The van der Waals surface area contributed by atoms with Gasteiger partial charge in [0.2, 0.25) is 0 Å². The molecule has 0 bridgehead atoms. The van der Waals surface area contributed by atoms with Crippen molar-refractivity contribution in [3.05, 3.63) is 23.4 Å². The fourth-order valence-corrected chi connectivity index (χ4v) is 2.26. The van der Waals surface area contributed by atoms with Crippen LogP contribution in [0.5, 0.6) is 0 Å². The second kappa shape index (κ2) is 6.11. The highest BCUT2D eigenvalue weighted by Crippen LogP contribution is 2.25. The molecule has 1 aromatic rings. The van der Waals surface area contributed by atoms with E-state index in [9.17, 15) is 5.11 Å². The van der Waals surface area contributed by atoms with E-state index >= 15 is 0 Å². The molecular formula is C12H20N2OS. The van der Waals surface area contributed by atoms with Gasteiger partial charge in [-0.15, -0.1) is 0 Å². The molecular weight excluding hydrogens is 220 g/mol. The molecule has 0 amide bonds. The predicted octanol–water partition coefficient (Wildman–Crippen LogP) is 2.54. The normalized spacial score (nSPS) is 14.8. The molecule has 0 aromatic carbocycles. The summed E-state index contributed by atoms with van der Waals surface area (Å²) in [5.74, 6) is 1.10. The van der Waals surface area contributed by atoms with Crippen molar-refractivity contribution in [1.29, 1.82) is 0 Å². The quantitative estimate of drug-likeness (QED) is 0.830. The maximum absolute atomic E-state index is 10.0. The topological polar surface area (TPSA) is 59.1 Å². The van der Waals surface area contributed by atoms with Crippen molar-refractivity contribution >= 4 is 17.6 Å². The minimum atomic E-state index is -0.522. The predicted molar refractivity (Wildman–Crippen MR) is 70.6 cm³/mol. The lowest BCUT2D eigenvalue weighted by Gasteiger charge is -2.15. The van der Waals surface area contributed by atoms with Gasteiger partial charge >= 0.3 is 0 Å². The number of hydrogen-bond donors (Lipinski definition) is 2. The van der Waals surface area contributed by atoms with Crippen LogP contribution in [0.4, 0.5) is 5.82 Å². The molecule has 0 spiro atoms. The van der Waals surface area contributed by atoms with Crippen LogP contribution in [-0.4, -0.2) is 21.1 Å². The van der Waals surface area contributed by atoms with Crippen LogP contribution in [-0.2, 0) is 0 Å². The van der Waals surface area contributed by atoms with Gasteiger partial charge in [0.05, 0.1) is 6.10 Å². The van der Waals surface area contributed by atoms with E-state index < -0.39 is 6.10 Å². The molecule has 0 aliphatic heterocycles. The largest absolute Gasteiger partial charge is 0.387 e. The van der Waals surface area contributed by atoms with Gasteiger partial charge in [-0.3, -0.25) is 0 Å². The summed E-state index contributed by atoms with van der Waals surface area (Å²) in [6.45, 7) is 6.26. The number of thioether (sulfide) groups is 1. The summed E-state index contributed by atoms with van der Waals surface area (Å²) in [6, 6.07) is 1.91. The molecule has 2 atom stereocenters. The summed E-state index contributed by atoms with van der Waals surface area (Å²) >= 11 is 1.76. The zero-order valence-corrected chi connectivity index (χ0v) is 10.9. The van der Waals surface area contributed by atoms with E-state index in [-0.39, 0.29) is 0 Å². The average molecular weight is 240 g/mol. The molecule has 3 N–H and O–H groups in total.